The molecule has 2 aromatic heterocycles. The van der Waals surface area contributed by atoms with Crippen molar-refractivity contribution in [1.29, 1.82) is 5.26 Å². The maximum Gasteiger partial charge on any atom is 0.241 e. The van der Waals surface area contributed by atoms with Crippen LogP contribution in [-0.2, 0) is 10.0 Å². The summed E-state index contributed by atoms with van der Waals surface area (Å²) >= 11 is 0. The van der Waals surface area contributed by atoms with E-state index in [-0.39, 0.29) is 16.1 Å². The second-order valence-electron chi connectivity index (χ2n) is 8.46. The number of nitrogens with zero attached hydrogens (tertiary/aromatic N) is 5. The highest BCUT2D eigenvalue weighted by Crippen LogP contribution is 2.56. The molecule has 2 bridgehead atoms. The van der Waals surface area contributed by atoms with Crippen molar-refractivity contribution in [3.63, 3.8) is 0 Å². The molecule has 3 aromatic rings. The Kier molecular flexibility index (Phi) is 3.94. The summed E-state index contributed by atoms with van der Waals surface area (Å²) in [6.45, 7) is 1.90. The lowest BCUT2D eigenvalue weighted by atomic mass is 9.86. The predicted molar refractivity (Wildman–Crippen MR) is 110 cm³/mol. The van der Waals surface area contributed by atoms with Crippen LogP contribution in [-0.4, -0.2) is 33.5 Å². The maximum atomic E-state index is 13.3. The van der Waals surface area contributed by atoms with E-state index in [9.17, 15) is 13.7 Å². The van der Waals surface area contributed by atoms with Gasteiger partial charge >= 0.3 is 0 Å². The van der Waals surface area contributed by atoms with Gasteiger partial charge in [0, 0.05) is 11.1 Å². The van der Waals surface area contributed by atoms with Crippen LogP contribution in [0, 0.1) is 23.7 Å². The third-order valence-corrected chi connectivity index (χ3v) is 8.13. The van der Waals surface area contributed by atoms with E-state index in [2.05, 4.69) is 25.9 Å². The minimum atomic E-state index is -3.76. The van der Waals surface area contributed by atoms with Crippen LogP contribution in [0.2, 0.25) is 0 Å². The van der Waals surface area contributed by atoms with Crippen molar-refractivity contribution >= 4 is 21.5 Å². The molecule has 3 N–H and O–H groups in total. The van der Waals surface area contributed by atoms with Crippen molar-refractivity contribution in [3.05, 3.63) is 36.3 Å². The molecule has 0 aliphatic heterocycles. The van der Waals surface area contributed by atoms with Gasteiger partial charge in [-0.05, 0) is 56.7 Å². The van der Waals surface area contributed by atoms with Gasteiger partial charge < -0.3 is 5.73 Å². The molecule has 5 rings (SSSR count). The quantitative estimate of drug-likeness (QED) is 0.655. The monoisotopic (exact) mass is 423 g/mol. The SMILES string of the molecule is Cc1ccc(S(=O)(=O)NC23CCC(C#N)(CC2)C3)cc1-c1cnc2c(N)ncnn12. The molecule has 9 nitrogen and oxygen atoms in total. The summed E-state index contributed by atoms with van der Waals surface area (Å²) < 4.78 is 31.0. The van der Waals surface area contributed by atoms with Gasteiger partial charge in [0.15, 0.2) is 11.5 Å². The minimum Gasteiger partial charge on any atom is -0.381 e. The Morgan fingerprint density at radius 3 is 2.70 bits per heavy atom. The lowest BCUT2D eigenvalue weighted by Crippen LogP contribution is -2.44. The number of nitrogens with two attached hydrogens (primary N) is 1. The standard InChI is InChI=1S/C20H21N7O2S/c1-13-2-3-14(8-15(13)16-9-23-18-17(22)24-12-25-27(16)18)30(28,29)26-20-6-4-19(10-20,11-21)5-7-20/h2-3,8-9,12,26H,4-7,10H2,1H3,(H2,22,24,25). The number of nitrogen functional groups attached to an aromatic ring is 1. The highest BCUT2D eigenvalue weighted by molar-refractivity contribution is 7.89. The number of nitrogens with one attached hydrogen (secondary N) is 1. The van der Waals surface area contributed by atoms with Crippen LogP contribution >= 0.6 is 0 Å². The van der Waals surface area contributed by atoms with Crippen molar-refractivity contribution in [2.24, 2.45) is 5.41 Å². The Bertz CT molecular complexity index is 1310. The second kappa shape index (κ2) is 6.23. The van der Waals surface area contributed by atoms with Gasteiger partial charge in [-0.2, -0.15) is 10.4 Å². The molecule has 154 valence electrons. The van der Waals surface area contributed by atoms with Crippen LogP contribution in [0.5, 0.6) is 0 Å². The maximum absolute atomic E-state index is 13.3. The Hall–Kier alpha value is -3.03. The fourth-order valence-corrected chi connectivity index (χ4v) is 6.39. The van der Waals surface area contributed by atoms with E-state index in [1.165, 1.54) is 6.33 Å². The van der Waals surface area contributed by atoms with Gasteiger partial charge in [-0.15, -0.1) is 0 Å². The van der Waals surface area contributed by atoms with Crippen molar-refractivity contribution in [1.82, 2.24) is 24.3 Å². The van der Waals surface area contributed by atoms with Gasteiger partial charge in [-0.25, -0.2) is 27.6 Å². The van der Waals surface area contributed by atoms with Crippen molar-refractivity contribution in [2.75, 3.05) is 5.73 Å². The Labute approximate surface area is 174 Å². The van der Waals surface area contributed by atoms with Crippen molar-refractivity contribution < 1.29 is 8.42 Å². The first-order valence-corrected chi connectivity index (χ1v) is 11.3. The summed E-state index contributed by atoms with van der Waals surface area (Å²) in [5.41, 5.74) is 7.61. The van der Waals surface area contributed by atoms with Gasteiger partial charge in [0.05, 0.1) is 28.3 Å². The van der Waals surface area contributed by atoms with Crippen LogP contribution < -0.4 is 10.5 Å². The normalized spacial score (nSPS) is 25.6. The van der Waals surface area contributed by atoms with E-state index in [1.54, 1.807) is 28.9 Å². The molecule has 30 heavy (non-hydrogen) atoms. The highest BCUT2D eigenvalue weighted by atomic mass is 32.2. The molecule has 1 aromatic carbocycles. The zero-order chi connectivity index (χ0) is 21.1. The molecule has 10 heteroatoms. The Morgan fingerprint density at radius 1 is 1.23 bits per heavy atom. The zero-order valence-electron chi connectivity index (χ0n) is 16.5. The summed E-state index contributed by atoms with van der Waals surface area (Å²) in [6.07, 6.45) is 6.41. The van der Waals surface area contributed by atoms with E-state index in [1.807, 2.05) is 6.92 Å². The summed E-state index contributed by atoms with van der Waals surface area (Å²) in [6, 6.07) is 7.42. The van der Waals surface area contributed by atoms with Crippen molar-refractivity contribution in [3.8, 4) is 17.3 Å². The average molecular weight is 424 g/mol. The number of benzene rings is 1. The number of anilines is 1. The Balaban J connectivity index is 1.53. The largest absolute Gasteiger partial charge is 0.381 e. The van der Waals surface area contributed by atoms with Crippen LogP contribution in [0.25, 0.3) is 16.9 Å². The van der Waals surface area contributed by atoms with E-state index in [4.69, 9.17) is 5.73 Å². The number of hydrogen-bond donors (Lipinski definition) is 2. The number of sulfonamides is 1. The predicted octanol–water partition coefficient (Wildman–Crippen LogP) is 2.19. The van der Waals surface area contributed by atoms with Crippen LogP contribution in [0.3, 0.4) is 0 Å². The molecule has 0 amide bonds. The lowest BCUT2D eigenvalue weighted by molar-refractivity contribution is 0.361. The third kappa shape index (κ3) is 2.77. The first-order valence-electron chi connectivity index (χ1n) is 9.77. The lowest BCUT2D eigenvalue weighted by Gasteiger charge is -2.27. The number of nitriles is 1. The summed E-state index contributed by atoms with van der Waals surface area (Å²) in [5.74, 6) is 0.252. The van der Waals surface area contributed by atoms with E-state index >= 15 is 0 Å². The molecule has 0 unspecified atom stereocenters. The summed E-state index contributed by atoms with van der Waals surface area (Å²) in [7, 11) is -3.76. The number of aryl methyl sites for hydroxylation is 1. The fraction of sp³-hybridized carbons (Fsp3) is 0.400. The number of aromatic nitrogens is 4. The van der Waals surface area contributed by atoms with Gasteiger partial charge in [0.25, 0.3) is 0 Å². The molecular formula is C20H21N7O2S. The third-order valence-electron chi connectivity index (χ3n) is 6.56. The minimum absolute atomic E-state index is 0.177. The van der Waals surface area contributed by atoms with E-state index < -0.39 is 15.6 Å². The summed E-state index contributed by atoms with van der Waals surface area (Å²) in [4.78, 5) is 8.39. The second-order valence-corrected chi connectivity index (χ2v) is 10.1. The molecular weight excluding hydrogens is 402 g/mol. The zero-order valence-corrected chi connectivity index (χ0v) is 17.3. The van der Waals surface area contributed by atoms with Gasteiger partial charge in [0.1, 0.15) is 6.33 Å². The van der Waals surface area contributed by atoms with E-state index in [0.717, 1.165) is 18.4 Å². The fourth-order valence-electron chi connectivity index (χ4n) is 4.90. The van der Waals surface area contributed by atoms with Crippen LogP contribution in [0.15, 0.2) is 35.6 Å². The number of hydrogen-bond acceptors (Lipinski definition) is 7. The van der Waals surface area contributed by atoms with Crippen LogP contribution in [0.4, 0.5) is 5.82 Å². The first kappa shape index (κ1) is 19.0. The van der Waals surface area contributed by atoms with Gasteiger partial charge in [-0.1, -0.05) is 6.07 Å². The topological polar surface area (TPSA) is 139 Å². The Morgan fingerprint density at radius 2 is 2.00 bits per heavy atom. The van der Waals surface area contributed by atoms with Gasteiger partial charge in [0.2, 0.25) is 10.0 Å². The number of imidazole rings is 1. The molecule has 2 aliphatic rings. The average Bonchev–Trinajstić information content (AvgIpc) is 3.40. The number of rotatable bonds is 4. The molecule has 2 saturated carbocycles. The smallest absolute Gasteiger partial charge is 0.241 e. The van der Waals surface area contributed by atoms with E-state index in [0.29, 0.717) is 36.2 Å². The van der Waals surface area contributed by atoms with Crippen molar-refractivity contribution in [2.45, 2.75) is 49.5 Å². The number of fused-ring (bicyclic) bond motifs is 3. The van der Waals surface area contributed by atoms with Crippen LogP contribution in [0.1, 0.15) is 37.7 Å². The highest BCUT2D eigenvalue weighted by Gasteiger charge is 2.56. The molecule has 2 fully saturated rings. The molecule has 0 radical (unpaired) electrons. The van der Waals surface area contributed by atoms with Gasteiger partial charge in [-0.3, -0.25) is 0 Å². The first-order chi connectivity index (χ1) is 14.3. The molecule has 2 heterocycles. The molecule has 0 atom stereocenters. The summed E-state index contributed by atoms with van der Waals surface area (Å²) in [5, 5.41) is 13.7. The molecule has 0 saturated heterocycles. The molecule has 2 aliphatic carbocycles. The molecule has 0 spiro atoms.